The molecule has 1 fully saturated rings. The van der Waals surface area contributed by atoms with E-state index >= 15 is 0 Å². The summed E-state index contributed by atoms with van der Waals surface area (Å²) in [5, 5.41) is 14.9. The van der Waals surface area contributed by atoms with Crippen molar-refractivity contribution in [2.24, 2.45) is 0 Å². The largest absolute Gasteiger partial charge is 0.392 e. The third-order valence-corrected chi connectivity index (χ3v) is 3.29. The van der Waals surface area contributed by atoms with Crippen molar-refractivity contribution in [3.8, 4) is 0 Å². The molecule has 3 N–H and O–H groups in total. The van der Waals surface area contributed by atoms with E-state index in [1.165, 1.54) is 0 Å². The number of amides is 2. The van der Waals surface area contributed by atoms with Crippen LogP contribution in [-0.4, -0.2) is 48.0 Å². The second-order valence-corrected chi connectivity index (χ2v) is 4.70. The Balaban J connectivity index is 1.84. The fourth-order valence-electron chi connectivity index (χ4n) is 2.12. The van der Waals surface area contributed by atoms with E-state index in [0.717, 1.165) is 11.1 Å². The van der Waals surface area contributed by atoms with Gasteiger partial charge < -0.3 is 20.6 Å². The minimum atomic E-state index is -0.187. The Labute approximate surface area is 117 Å². The molecule has 1 saturated heterocycles. The van der Waals surface area contributed by atoms with Gasteiger partial charge >= 0.3 is 0 Å². The van der Waals surface area contributed by atoms with Crippen molar-refractivity contribution in [1.82, 2.24) is 15.5 Å². The van der Waals surface area contributed by atoms with Gasteiger partial charge in [-0.3, -0.25) is 9.59 Å². The number of aliphatic hydroxyl groups is 1. The zero-order valence-corrected chi connectivity index (χ0v) is 11.3. The van der Waals surface area contributed by atoms with Crippen molar-refractivity contribution in [1.29, 1.82) is 0 Å². The standard InChI is InChI=1S/C14H19N3O3/c18-10-12-4-2-1-3-11(12)7-16-13(19)9-17-6-5-15-8-14(17)20/h1-4,15,18H,5-10H2,(H,16,19). The average molecular weight is 277 g/mol. The monoisotopic (exact) mass is 277 g/mol. The number of hydrogen-bond acceptors (Lipinski definition) is 4. The van der Waals surface area contributed by atoms with E-state index in [-0.39, 0.29) is 25.0 Å². The first-order valence-corrected chi connectivity index (χ1v) is 6.63. The number of rotatable bonds is 5. The highest BCUT2D eigenvalue weighted by atomic mass is 16.3. The van der Waals surface area contributed by atoms with Crippen LogP contribution in [0, 0.1) is 0 Å². The second kappa shape index (κ2) is 7.02. The highest BCUT2D eigenvalue weighted by Gasteiger charge is 2.19. The van der Waals surface area contributed by atoms with Gasteiger partial charge in [-0.25, -0.2) is 0 Å². The normalized spacial score (nSPS) is 15.2. The lowest BCUT2D eigenvalue weighted by atomic mass is 10.1. The summed E-state index contributed by atoms with van der Waals surface area (Å²) < 4.78 is 0. The molecule has 1 aromatic rings. The molecule has 1 aliphatic rings. The molecule has 0 atom stereocenters. The minimum absolute atomic E-state index is 0.0532. The zero-order chi connectivity index (χ0) is 14.4. The Morgan fingerprint density at radius 3 is 2.80 bits per heavy atom. The van der Waals surface area contributed by atoms with Gasteiger partial charge in [-0.05, 0) is 11.1 Å². The molecule has 0 aromatic heterocycles. The lowest BCUT2D eigenvalue weighted by Crippen LogP contribution is -2.51. The Bertz CT molecular complexity index is 490. The quantitative estimate of drug-likeness (QED) is 0.660. The molecule has 108 valence electrons. The lowest BCUT2D eigenvalue weighted by molar-refractivity contribution is -0.136. The predicted molar refractivity (Wildman–Crippen MR) is 73.7 cm³/mol. The average Bonchev–Trinajstić information content (AvgIpc) is 2.48. The number of piperazine rings is 1. The summed E-state index contributed by atoms with van der Waals surface area (Å²) in [4.78, 5) is 24.9. The molecule has 1 aliphatic heterocycles. The number of aliphatic hydroxyl groups excluding tert-OH is 1. The second-order valence-electron chi connectivity index (χ2n) is 4.70. The molecule has 2 rings (SSSR count). The summed E-state index contributed by atoms with van der Waals surface area (Å²) in [7, 11) is 0. The van der Waals surface area contributed by atoms with Crippen molar-refractivity contribution >= 4 is 11.8 Å². The first kappa shape index (κ1) is 14.5. The maximum Gasteiger partial charge on any atom is 0.239 e. The Morgan fingerprint density at radius 1 is 1.35 bits per heavy atom. The third kappa shape index (κ3) is 3.79. The van der Waals surface area contributed by atoms with Crippen LogP contribution >= 0.6 is 0 Å². The Kier molecular flexibility index (Phi) is 5.09. The molecule has 0 saturated carbocycles. The molecule has 0 spiro atoms. The van der Waals surface area contributed by atoms with Gasteiger partial charge in [0.25, 0.3) is 0 Å². The molecule has 2 amide bonds. The summed E-state index contributed by atoms with van der Waals surface area (Å²) in [5.41, 5.74) is 1.68. The van der Waals surface area contributed by atoms with Crippen LogP contribution in [0.5, 0.6) is 0 Å². The summed E-state index contributed by atoms with van der Waals surface area (Å²) in [6.45, 7) is 1.95. The maximum atomic E-state index is 11.8. The summed E-state index contributed by atoms with van der Waals surface area (Å²) in [6, 6.07) is 7.39. The molecule has 6 heteroatoms. The van der Waals surface area contributed by atoms with E-state index < -0.39 is 0 Å². The van der Waals surface area contributed by atoms with Crippen LogP contribution in [0.1, 0.15) is 11.1 Å². The smallest absolute Gasteiger partial charge is 0.239 e. The van der Waals surface area contributed by atoms with E-state index in [2.05, 4.69) is 10.6 Å². The van der Waals surface area contributed by atoms with E-state index in [9.17, 15) is 14.7 Å². The summed E-state index contributed by atoms with van der Waals surface area (Å²) in [5.74, 6) is -0.241. The van der Waals surface area contributed by atoms with Crippen molar-refractivity contribution in [3.05, 3.63) is 35.4 Å². The fourth-order valence-corrected chi connectivity index (χ4v) is 2.12. The first-order chi connectivity index (χ1) is 9.70. The zero-order valence-electron chi connectivity index (χ0n) is 11.3. The first-order valence-electron chi connectivity index (χ1n) is 6.63. The van der Waals surface area contributed by atoms with E-state index in [1.54, 1.807) is 4.90 Å². The molecule has 0 radical (unpaired) electrons. The minimum Gasteiger partial charge on any atom is -0.392 e. The van der Waals surface area contributed by atoms with Gasteiger partial charge in [0.2, 0.25) is 11.8 Å². The number of nitrogens with one attached hydrogen (secondary N) is 2. The molecular formula is C14H19N3O3. The van der Waals surface area contributed by atoms with Crippen molar-refractivity contribution < 1.29 is 14.7 Å². The SMILES string of the molecule is O=C(CN1CCNCC1=O)NCc1ccccc1CO. The van der Waals surface area contributed by atoms with Crippen molar-refractivity contribution in [3.63, 3.8) is 0 Å². The van der Waals surface area contributed by atoms with Gasteiger partial charge in [0.05, 0.1) is 19.7 Å². The van der Waals surface area contributed by atoms with Crippen LogP contribution in [0.3, 0.4) is 0 Å². The number of hydrogen-bond donors (Lipinski definition) is 3. The molecular weight excluding hydrogens is 258 g/mol. The number of benzene rings is 1. The molecule has 0 unspecified atom stereocenters. The lowest BCUT2D eigenvalue weighted by Gasteiger charge is -2.26. The maximum absolute atomic E-state index is 11.8. The van der Waals surface area contributed by atoms with Gasteiger partial charge in [-0.1, -0.05) is 24.3 Å². The predicted octanol–water partition coefficient (Wildman–Crippen LogP) is -0.773. The molecule has 1 heterocycles. The van der Waals surface area contributed by atoms with E-state index in [1.807, 2.05) is 24.3 Å². The third-order valence-electron chi connectivity index (χ3n) is 3.29. The summed E-state index contributed by atoms with van der Waals surface area (Å²) in [6.07, 6.45) is 0. The van der Waals surface area contributed by atoms with Gasteiger partial charge in [0, 0.05) is 19.6 Å². The van der Waals surface area contributed by atoms with Crippen LogP contribution in [0.15, 0.2) is 24.3 Å². The molecule has 6 nitrogen and oxygen atoms in total. The number of carbonyl (C=O) groups excluding carboxylic acids is 2. The number of carbonyl (C=O) groups is 2. The fraction of sp³-hybridized carbons (Fsp3) is 0.429. The van der Waals surface area contributed by atoms with Crippen molar-refractivity contribution in [2.75, 3.05) is 26.2 Å². The van der Waals surface area contributed by atoms with Gasteiger partial charge in [0.15, 0.2) is 0 Å². The van der Waals surface area contributed by atoms with Gasteiger partial charge in [0.1, 0.15) is 0 Å². The molecule has 20 heavy (non-hydrogen) atoms. The molecule has 1 aromatic carbocycles. The Morgan fingerprint density at radius 2 is 2.10 bits per heavy atom. The van der Waals surface area contributed by atoms with Gasteiger partial charge in [-0.15, -0.1) is 0 Å². The van der Waals surface area contributed by atoms with Crippen LogP contribution in [-0.2, 0) is 22.7 Å². The highest BCUT2D eigenvalue weighted by Crippen LogP contribution is 2.08. The van der Waals surface area contributed by atoms with E-state index in [4.69, 9.17) is 0 Å². The highest BCUT2D eigenvalue weighted by molar-refractivity contribution is 5.86. The Hall–Kier alpha value is -1.92. The van der Waals surface area contributed by atoms with Crippen LogP contribution < -0.4 is 10.6 Å². The molecule has 0 aliphatic carbocycles. The molecule has 0 bridgehead atoms. The topological polar surface area (TPSA) is 81.7 Å². The van der Waals surface area contributed by atoms with Crippen LogP contribution in [0.25, 0.3) is 0 Å². The van der Waals surface area contributed by atoms with Crippen LogP contribution in [0.2, 0.25) is 0 Å². The van der Waals surface area contributed by atoms with Crippen molar-refractivity contribution in [2.45, 2.75) is 13.2 Å². The number of nitrogens with zero attached hydrogens (tertiary/aromatic N) is 1. The summed E-state index contributed by atoms with van der Waals surface area (Å²) >= 11 is 0. The van der Waals surface area contributed by atoms with Gasteiger partial charge in [-0.2, -0.15) is 0 Å². The van der Waals surface area contributed by atoms with Crippen LogP contribution in [0.4, 0.5) is 0 Å². The van der Waals surface area contributed by atoms with E-state index in [0.29, 0.717) is 26.2 Å².